The van der Waals surface area contributed by atoms with Crippen LogP contribution in [0.1, 0.15) is 12.8 Å². The Morgan fingerprint density at radius 2 is 1.93 bits per heavy atom. The van der Waals surface area contributed by atoms with Gasteiger partial charge in [-0.1, -0.05) is 6.08 Å². The molecule has 0 aromatic carbocycles. The fourth-order valence-corrected chi connectivity index (χ4v) is 1.91. The largest absolute Gasteiger partial charge is 0.326 e. The van der Waals surface area contributed by atoms with E-state index >= 15 is 0 Å². The summed E-state index contributed by atoms with van der Waals surface area (Å²) in [6.07, 6.45) is 3.98. The molecule has 0 spiro atoms. The van der Waals surface area contributed by atoms with E-state index in [2.05, 4.69) is 15.3 Å². The van der Waals surface area contributed by atoms with Gasteiger partial charge in [0.1, 0.15) is 0 Å². The highest BCUT2D eigenvalue weighted by molar-refractivity contribution is 4.89. The molecule has 2 heterocycles. The van der Waals surface area contributed by atoms with Crippen molar-refractivity contribution in [3.05, 3.63) is 12.3 Å². The molecule has 2 aliphatic rings. The van der Waals surface area contributed by atoms with Crippen LogP contribution in [0.15, 0.2) is 12.3 Å². The Morgan fingerprint density at radius 1 is 1.20 bits per heavy atom. The first-order valence-corrected chi connectivity index (χ1v) is 5.42. The maximum atomic E-state index is 12.9. The molecule has 2 rings (SSSR count). The van der Waals surface area contributed by atoms with E-state index in [1.807, 2.05) is 12.3 Å². The summed E-state index contributed by atoms with van der Waals surface area (Å²) in [5.41, 5.74) is 3.09. The highest BCUT2D eigenvalue weighted by Crippen LogP contribution is 2.27. The van der Waals surface area contributed by atoms with Crippen LogP contribution in [-0.2, 0) is 0 Å². The van der Waals surface area contributed by atoms with Crippen LogP contribution in [0.25, 0.3) is 0 Å². The molecule has 0 atom stereocenters. The summed E-state index contributed by atoms with van der Waals surface area (Å²) in [7, 11) is 0. The molecule has 0 saturated carbocycles. The van der Waals surface area contributed by atoms with E-state index in [4.69, 9.17) is 0 Å². The van der Waals surface area contributed by atoms with Gasteiger partial charge in [0.2, 0.25) is 0 Å². The highest BCUT2D eigenvalue weighted by Gasteiger charge is 2.33. The Labute approximate surface area is 88.7 Å². The van der Waals surface area contributed by atoms with Gasteiger partial charge in [-0.05, 0) is 0 Å². The van der Waals surface area contributed by atoms with Crippen LogP contribution in [0.4, 0.5) is 8.78 Å². The van der Waals surface area contributed by atoms with Gasteiger partial charge in [0.25, 0.3) is 5.92 Å². The average molecular weight is 217 g/mol. The SMILES string of the molecule is FC1(F)CCN(CCN2CC=CN2)CC1. The molecule has 0 radical (unpaired) electrons. The van der Waals surface area contributed by atoms with E-state index in [-0.39, 0.29) is 12.8 Å². The van der Waals surface area contributed by atoms with Gasteiger partial charge in [-0.2, -0.15) is 0 Å². The number of hydrazine groups is 1. The number of likely N-dealkylation sites (tertiary alicyclic amines) is 1. The fourth-order valence-electron chi connectivity index (χ4n) is 1.91. The molecule has 5 heteroatoms. The maximum Gasteiger partial charge on any atom is 0.250 e. The summed E-state index contributed by atoms with van der Waals surface area (Å²) >= 11 is 0. The molecule has 1 N–H and O–H groups in total. The van der Waals surface area contributed by atoms with Crippen molar-refractivity contribution in [3.63, 3.8) is 0 Å². The smallest absolute Gasteiger partial charge is 0.250 e. The standard InChI is InChI=1S/C10H17F2N3/c11-10(12)2-6-14(7-3-10)8-9-15-5-1-4-13-15/h1,4,13H,2-3,5-9H2. The van der Waals surface area contributed by atoms with Crippen LogP contribution in [-0.4, -0.2) is 48.6 Å². The molecular formula is C10H17F2N3. The van der Waals surface area contributed by atoms with Crippen molar-refractivity contribution in [2.45, 2.75) is 18.8 Å². The summed E-state index contributed by atoms with van der Waals surface area (Å²) < 4.78 is 25.7. The Hall–Kier alpha value is -0.680. The summed E-state index contributed by atoms with van der Waals surface area (Å²) in [6, 6.07) is 0. The minimum absolute atomic E-state index is 0.0126. The van der Waals surface area contributed by atoms with Gasteiger partial charge >= 0.3 is 0 Å². The monoisotopic (exact) mass is 217 g/mol. The molecule has 1 fully saturated rings. The fraction of sp³-hybridized carbons (Fsp3) is 0.800. The second kappa shape index (κ2) is 4.45. The van der Waals surface area contributed by atoms with Gasteiger partial charge in [-0.3, -0.25) is 0 Å². The third-order valence-corrected chi connectivity index (χ3v) is 2.97. The van der Waals surface area contributed by atoms with Crippen molar-refractivity contribution in [2.24, 2.45) is 0 Å². The quantitative estimate of drug-likeness (QED) is 0.762. The number of rotatable bonds is 3. The number of hydrogen-bond acceptors (Lipinski definition) is 3. The van der Waals surface area contributed by atoms with Crippen molar-refractivity contribution in [2.75, 3.05) is 32.7 Å². The first-order valence-electron chi connectivity index (χ1n) is 5.42. The molecule has 3 nitrogen and oxygen atoms in total. The second-order valence-electron chi connectivity index (χ2n) is 4.18. The lowest BCUT2D eigenvalue weighted by Gasteiger charge is -2.32. The van der Waals surface area contributed by atoms with Crippen LogP contribution in [0.5, 0.6) is 0 Å². The first-order chi connectivity index (χ1) is 7.16. The third-order valence-electron chi connectivity index (χ3n) is 2.97. The minimum Gasteiger partial charge on any atom is -0.326 e. The maximum absolute atomic E-state index is 12.9. The molecule has 1 saturated heterocycles. The van der Waals surface area contributed by atoms with Crippen LogP contribution in [0.2, 0.25) is 0 Å². The van der Waals surface area contributed by atoms with Crippen molar-refractivity contribution >= 4 is 0 Å². The molecule has 15 heavy (non-hydrogen) atoms. The predicted octanol–water partition coefficient (Wildman–Crippen LogP) is 1.05. The zero-order valence-corrected chi connectivity index (χ0v) is 8.75. The first kappa shape index (κ1) is 10.8. The Balaban J connectivity index is 1.64. The molecule has 0 bridgehead atoms. The molecule has 0 unspecified atom stereocenters. The molecule has 2 aliphatic heterocycles. The lowest BCUT2D eigenvalue weighted by Crippen LogP contribution is -2.44. The number of halogens is 2. The van der Waals surface area contributed by atoms with E-state index in [0.717, 1.165) is 19.6 Å². The zero-order valence-electron chi connectivity index (χ0n) is 8.75. The van der Waals surface area contributed by atoms with Crippen molar-refractivity contribution in [3.8, 4) is 0 Å². The van der Waals surface area contributed by atoms with Gasteiger partial charge in [0.05, 0.1) is 0 Å². The van der Waals surface area contributed by atoms with Gasteiger partial charge in [0, 0.05) is 51.8 Å². The van der Waals surface area contributed by atoms with Crippen LogP contribution in [0.3, 0.4) is 0 Å². The Bertz CT molecular complexity index is 225. The van der Waals surface area contributed by atoms with Crippen LogP contribution in [0, 0.1) is 0 Å². The number of alkyl halides is 2. The lowest BCUT2D eigenvalue weighted by molar-refractivity contribution is -0.0561. The molecule has 0 aromatic heterocycles. The summed E-state index contributed by atoms with van der Waals surface area (Å²) in [6.45, 7) is 3.70. The molecule has 0 amide bonds. The molecule has 86 valence electrons. The molecular weight excluding hydrogens is 200 g/mol. The van der Waals surface area contributed by atoms with Crippen molar-refractivity contribution in [1.29, 1.82) is 0 Å². The topological polar surface area (TPSA) is 18.5 Å². The van der Waals surface area contributed by atoms with E-state index in [9.17, 15) is 8.78 Å². The number of hydrogen-bond donors (Lipinski definition) is 1. The van der Waals surface area contributed by atoms with Crippen molar-refractivity contribution < 1.29 is 8.78 Å². The average Bonchev–Trinajstić information content (AvgIpc) is 2.69. The zero-order chi connectivity index (χ0) is 10.7. The normalized spacial score (nSPS) is 26.8. The van der Waals surface area contributed by atoms with Crippen LogP contribution >= 0.6 is 0 Å². The Kier molecular flexibility index (Phi) is 3.21. The second-order valence-corrected chi connectivity index (χ2v) is 4.18. The van der Waals surface area contributed by atoms with E-state index in [1.54, 1.807) is 0 Å². The van der Waals surface area contributed by atoms with Crippen LogP contribution < -0.4 is 5.43 Å². The number of nitrogens with one attached hydrogen (secondary N) is 1. The number of piperidine rings is 1. The Morgan fingerprint density at radius 3 is 2.53 bits per heavy atom. The summed E-state index contributed by atoms with van der Waals surface area (Å²) in [5.74, 6) is -2.43. The highest BCUT2D eigenvalue weighted by atomic mass is 19.3. The van der Waals surface area contributed by atoms with Gasteiger partial charge in [0.15, 0.2) is 0 Å². The summed E-state index contributed by atoms with van der Waals surface area (Å²) in [4.78, 5) is 2.11. The molecule has 0 aliphatic carbocycles. The van der Waals surface area contributed by atoms with E-state index in [0.29, 0.717) is 13.1 Å². The van der Waals surface area contributed by atoms with Crippen molar-refractivity contribution in [1.82, 2.24) is 15.3 Å². The summed E-state index contributed by atoms with van der Waals surface area (Å²) in [5, 5.41) is 2.08. The minimum atomic E-state index is -2.43. The lowest BCUT2D eigenvalue weighted by atomic mass is 10.1. The third kappa shape index (κ3) is 3.14. The van der Waals surface area contributed by atoms with E-state index < -0.39 is 5.92 Å². The van der Waals surface area contributed by atoms with Gasteiger partial charge < -0.3 is 10.3 Å². The predicted molar refractivity (Wildman–Crippen MR) is 54.5 cm³/mol. The van der Waals surface area contributed by atoms with E-state index in [1.165, 1.54) is 0 Å². The number of nitrogens with zero attached hydrogens (tertiary/aromatic N) is 2. The van der Waals surface area contributed by atoms with Gasteiger partial charge in [-0.15, -0.1) is 0 Å². The molecule has 0 aromatic rings. The van der Waals surface area contributed by atoms with Gasteiger partial charge in [-0.25, -0.2) is 13.8 Å².